The molecule has 0 saturated carbocycles. The van der Waals surface area contributed by atoms with Crippen LogP contribution in [0.4, 0.5) is 11.5 Å². The molecule has 3 N–H and O–H groups in total. The van der Waals surface area contributed by atoms with Gasteiger partial charge in [0, 0.05) is 39.3 Å². The van der Waals surface area contributed by atoms with Crippen molar-refractivity contribution in [3.05, 3.63) is 92.1 Å². The van der Waals surface area contributed by atoms with E-state index in [1.807, 2.05) is 30.3 Å². The van der Waals surface area contributed by atoms with Crippen LogP contribution >= 0.6 is 0 Å². The number of nitrogens with zero attached hydrogens (tertiary/aromatic N) is 4. The number of amides is 1. The lowest BCUT2D eigenvalue weighted by Crippen LogP contribution is -2.50. The number of nitrogens with two attached hydrogens (primary N) is 1. The molecule has 0 aliphatic carbocycles. The molecule has 1 amide bonds. The highest BCUT2D eigenvalue weighted by atomic mass is 16.2. The van der Waals surface area contributed by atoms with Crippen molar-refractivity contribution < 1.29 is 4.79 Å². The van der Waals surface area contributed by atoms with Gasteiger partial charge in [-0.05, 0) is 25.0 Å². The van der Waals surface area contributed by atoms with Crippen molar-refractivity contribution in [2.75, 3.05) is 49.9 Å². The standard InChI is InChI=1S/C27H34N6O3/c1-3-32(24-25(28)33(27(36)29-26(24)35)18-21-9-5-4-6-10-21)23(34)19-31-14-12-30(13-15-31)17-22-11-7-8-20(2)16-22/h4-11,16H,3,12-15,17-19,28H2,1-2H3,(H,29,35,36). The second-order valence-electron chi connectivity index (χ2n) is 9.24. The Morgan fingerprint density at radius 1 is 0.944 bits per heavy atom. The first-order valence-corrected chi connectivity index (χ1v) is 12.3. The molecular weight excluding hydrogens is 456 g/mol. The number of hydrogen-bond donors (Lipinski definition) is 2. The van der Waals surface area contributed by atoms with Gasteiger partial charge in [-0.25, -0.2) is 4.79 Å². The summed E-state index contributed by atoms with van der Waals surface area (Å²) in [5.74, 6) is -0.225. The minimum Gasteiger partial charge on any atom is -0.383 e. The first-order valence-electron chi connectivity index (χ1n) is 12.3. The fraction of sp³-hybridized carbons (Fsp3) is 0.370. The van der Waals surface area contributed by atoms with Crippen molar-refractivity contribution in [2.45, 2.75) is 26.9 Å². The lowest BCUT2D eigenvalue weighted by atomic mass is 10.1. The summed E-state index contributed by atoms with van der Waals surface area (Å²) in [7, 11) is 0. The van der Waals surface area contributed by atoms with Crippen LogP contribution in [0.3, 0.4) is 0 Å². The van der Waals surface area contributed by atoms with Crippen LogP contribution in [0.1, 0.15) is 23.6 Å². The highest BCUT2D eigenvalue weighted by molar-refractivity contribution is 5.96. The molecule has 190 valence electrons. The Morgan fingerprint density at radius 2 is 1.61 bits per heavy atom. The zero-order chi connectivity index (χ0) is 25.7. The number of nitrogens with one attached hydrogen (secondary N) is 1. The summed E-state index contributed by atoms with van der Waals surface area (Å²) in [6.45, 7) is 8.66. The van der Waals surface area contributed by atoms with E-state index in [4.69, 9.17) is 5.73 Å². The molecule has 1 aliphatic rings. The van der Waals surface area contributed by atoms with Crippen LogP contribution in [0.15, 0.2) is 64.2 Å². The molecule has 3 aromatic rings. The Balaban J connectivity index is 1.44. The van der Waals surface area contributed by atoms with Crippen LogP contribution in [0.5, 0.6) is 0 Å². The summed E-state index contributed by atoms with van der Waals surface area (Å²) >= 11 is 0. The SMILES string of the molecule is CCN(C(=O)CN1CCN(Cc2cccc(C)c2)CC1)c1c(N)n(Cc2ccccc2)c(=O)[nH]c1=O. The van der Waals surface area contributed by atoms with Gasteiger partial charge in [0.25, 0.3) is 5.56 Å². The first kappa shape index (κ1) is 25.4. The number of H-pyrrole nitrogens is 1. The molecule has 2 aromatic carbocycles. The summed E-state index contributed by atoms with van der Waals surface area (Å²) in [5.41, 5.74) is 8.49. The number of aromatic amines is 1. The lowest BCUT2D eigenvalue weighted by Gasteiger charge is -2.35. The van der Waals surface area contributed by atoms with E-state index >= 15 is 0 Å². The van der Waals surface area contributed by atoms with Gasteiger partial charge in [0.1, 0.15) is 5.82 Å². The van der Waals surface area contributed by atoms with Crippen molar-refractivity contribution in [3.63, 3.8) is 0 Å². The Kier molecular flexibility index (Phi) is 8.02. The molecule has 36 heavy (non-hydrogen) atoms. The Bertz CT molecular complexity index is 1310. The van der Waals surface area contributed by atoms with Gasteiger partial charge in [0.2, 0.25) is 5.91 Å². The van der Waals surface area contributed by atoms with E-state index in [0.717, 1.165) is 38.3 Å². The monoisotopic (exact) mass is 490 g/mol. The minimum atomic E-state index is -0.653. The number of rotatable bonds is 8. The predicted molar refractivity (Wildman–Crippen MR) is 142 cm³/mol. The summed E-state index contributed by atoms with van der Waals surface area (Å²) in [5, 5.41) is 0. The highest BCUT2D eigenvalue weighted by Gasteiger charge is 2.26. The van der Waals surface area contributed by atoms with Crippen LogP contribution < -0.4 is 21.9 Å². The molecule has 1 fully saturated rings. The number of nitrogen functional groups attached to an aromatic ring is 1. The largest absolute Gasteiger partial charge is 0.383 e. The smallest absolute Gasteiger partial charge is 0.330 e. The van der Waals surface area contributed by atoms with E-state index in [1.165, 1.54) is 20.6 Å². The quantitative estimate of drug-likeness (QED) is 0.497. The summed E-state index contributed by atoms with van der Waals surface area (Å²) in [4.78, 5) is 46.7. The minimum absolute atomic E-state index is 0.00854. The molecule has 1 aromatic heterocycles. The number of piperazine rings is 1. The second-order valence-corrected chi connectivity index (χ2v) is 9.24. The van der Waals surface area contributed by atoms with Crippen molar-refractivity contribution in [3.8, 4) is 0 Å². The van der Waals surface area contributed by atoms with Crippen molar-refractivity contribution >= 4 is 17.4 Å². The van der Waals surface area contributed by atoms with Gasteiger partial charge in [0.05, 0.1) is 13.1 Å². The van der Waals surface area contributed by atoms with Gasteiger partial charge in [0.15, 0.2) is 5.69 Å². The summed E-state index contributed by atoms with van der Waals surface area (Å²) in [6.07, 6.45) is 0. The van der Waals surface area contributed by atoms with E-state index in [9.17, 15) is 14.4 Å². The molecule has 0 unspecified atom stereocenters. The lowest BCUT2D eigenvalue weighted by molar-refractivity contribution is -0.120. The molecule has 9 heteroatoms. The second kappa shape index (κ2) is 11.4. The molecule has 1 aliphatic heterocycles. The van der Waals surface area contributed by atoms with Crippen LogP contribution in [-0.4, -0.2) is 64.5 Å². The molecule has 0 atom stereocenters. The number of hydrogen-bond acceptors (Lipinski definition) is 6. The molecule has 0 spiro atoms. The Morgan fingerprint density at radius 3 is 2.28 bits per heavy atom. The van der Waals surface area contributed by atoms with E-state index in [1.54, 1.807) is 6.92 Å². The Hall–Kier alpha value is -3.69. The van der Waals surface area contributed by atoms with Gasteiger partial charge in [-0.15, -0.1) is 0 Å². The maximum absolute atomic E-state index is 13.3. The zero-order valence-electron chi connectivity index (χ0n) is 20.9. The topological polar surface area (TPSA) is 108 Å². The third-order valence-electron chi connectivity index (χ3n) is 6.60. The Labute approximate surface area is 210 Å². The van der Waals surface area contributed by atoms with Crippen LogP contribution in [-0.2, 0) is 17.9 Å². The number of benzene rings is 2. The van der Waals surface area contributed by atoms with E-state index in [0.29, 0.717) is 0 Å². The normalized spacial score (nSPS) is 14.6. The highest BCUT2D eigenvalue weighted by Crippen LogP contribution is 2.18. The number of carbonyl (C=O) groups is 1. The third-order valence-corrected chi connectivity index (χ3v) is 6.60. The van der Waals surface area contributed by atoms with Gasteiger partial charge in [-0.2, -0.15) is 0 Å². The van der Waals surface area contributed by atoms with Gasteiger partial charge in [-0.1, -0.05) is 60.2 Å². The molecule has 2 heterocycles. The maximum Gasteiger partial charge on any atom is 0.330 e. The third kappa shape index (κ3) is 5.92. The van der Waals surface area contributed by atoms with Gasteiger partial charge < -0.3 is 10.6 Å². The fourth-order valence-electron chi connectivity index (χ4n) is 4.67. The molecule has 4 rings (SSSR count). The average Bonchev–Trinajstić information content (AvgIpc) is 2.86. The summed E-state index contributed by atoms with van der Waals surface area (Å²) in [6, 6.07) is 17.9. The molecule has 0 radical (unpaired) electrons. The number of anilines is 2. The maximum atomic E-state index is 13.3. The first-order chi connectivity index (χ1) is 17.4. The van der Waals surface area contributed by atoms with Crippen molar-refractivity contribution in [1.29, 1.82) is 0 Å². The van der Waals surface area contributed by atoms with Crippen LogP contribution in [0.2, 0.25) is 0 Å². The summed E-state index contributed by atoms with van der Waals surface area (Å²) < 4.78 is 1.30. The van der Waals surface area contributed by atoms with Gasteiger partial charge >= 0.3 is 5.69 Å². The van der Waals surface area contributed by atoms with E-state index in [2.05, 4.69) is 46.0 Å². The molecule has 1 saturated heterocycles. The van der Waals surface area contributed by atoms with E-state index in [-0.39, 0.29) is 37.0 Å². The van der Waals surface area contributed by atoms with Crippen molar-refractivity contribution in [2.24, 2.45) is 0 Å². The van der Waals surface area contributed by atoms with Crippen LogP contribution in [0.25, 0.3) is 0 Å². The number of carbonyl (C=O) groups excluding carboxylic acids is 1. The molecule has 9 nitrogen and oxygen atoms in total. The fourth-order valence-corrected chi connectivity index (χ4v) is 4.67. The van der Waals surface area contributed by atoms with Crippen molar-refractivity contribution in [1.82, 2.24) is 19.4 Å². The number of likely N-dealkylation sites (N-methyl/N-ethyl adjacent to an activating group) is 1. The molecule has 0 bridgehead atoms. The van der Waals surface area contributed by atoms with Crippen LogP contribution in [0, 0.1) is 6.92 Å². The molecular formula is C27H34N6O3. The number of aryl methyl sites for hydroxylation is 1. The predicted octanol–water partition coefficient (Wildman–Crippen LogP) is 1.65. The zero-order valence-corrected chi connectivity index (χ0v) is 20.9. The van der Waals surface area contributed by atoms with E-state index < -0.39 is 11.2 Å². The number of aromatic nitrogens is 2. The van der Waals surface area contributed by atoms with Gasteiger partial charge in [-0.3, -0.25) is 28.9 Å². The average molecular weight is 491 g/mol.